The molecule has 156 valence electrons. The molecule has 1 aliphatic heterocycles. The summed E-state index contributed by atoms with van der Waals surface area (Å²) in [6, 6.07) is 13.2. The second-order valence-electron chi connectivity index (χ2n) is 6.47. The molecule has 0 radical (unpaired) electrons. The summed E-state index contributed by atoms with van der Waals surface area (Å²) in [5, 5.41) is 12.6. The molecule has 4 N–H and O–H groups in total. The van der Waals surface area contributed by atoms with Gasteiger partial charge < -0.3 is 26.0 Å². The van der Waals surface area contributed by atoms with Crippen molar-refractivity contribution in [3.8, 4) is 0 Å². The number of carbonyl (C=O) groups excluding carboxylic acids is 1. The molecule has 3 rings (SSSR count). The summed E-state index contributed by atoms with van der Waals surface area (Å²) < 4.78 is 18.9. The largest absolute Gasteiger partial charge is 0.463 e. The van der Waals surface area contributed by atoms with Gasteiger partial charge in [-0.2, -0.15) is 0 Å². The minimum atomic E-state index is -0.435. The smallest absolute Gasteiger partial charge is 0.338 e. The van der Waals surface area contributed by atoms with E-state index in [2.05, 4.69) is 21.3 Å². The van der Waals surface area contributed by atoms with Crippen LogP contribution in [0, 0.1) is 5.82 Å². The number of nitrogens with one attached hydrogen (secondary N) is 4. The zero-order valence-electron chi connectivity index (χ0n) is 16.4. The third kappa shape index (κ3) is 5.11. The first-order valence-electron chi connectivity index (χ1n) is 9.27. The molecule has 0 spiro atoms. The number of carbonyl (C=O) groups is 1. The van der Waals surface area contributed by atoms with E-state index in [9.17, 15) is 9.18 Å². The summed E-state index contributed by atoms with van der Waals surface area (Å²) in [5.41, 5.74) is 2.96. The molecule has 1 aliphatic rings. The number of hydrogen-bond acceptors (Lipinski definition) is 4. The highest BCUT2D eigenvalue weighted by atomic mass is 32.1. The summed E-state index contributed by atoms with van der Waals surface area (Å²) in [7, 11) is 0. The van der Waals surface area contributed by atoms with Gasteiger partial charge in [-0.3, -0.25) is 0 Å². The molecule has 1 heterocycles. The highest BCUT2D eigenvalue weighted by Gasteiger charge is 2.30. The van der Waals surface area contributed by atoms with Gasteiger partial charge in [-0.15, -0.1) is 0 Å². The highest BCUT2D eigenvalue weighted by molar-refractivity contribution is 7.80. The fraction of sp³-hybridized carbons (Fsp3) is 0.190. The Morgan fingerprint density at radius 1 is 1.17 bits per heavy atom. The van der Waals surface area contributed by atoms with Crippen molar-refractivity contribution in [2.45, 2.75) is 19.9 Å². The molecule has 6 nitrogen and oxygen atoms in total. The van der Waals surface area contributed by atoms with Gasteiger partial charge in [-0.05, 0) is 68.1 Å². The number of thiocarbonyl (C=S) groups is 2. The van der Waals surface area contributed by atoms with Crippen molar-refractivity contribution in [2.75, 3.05) is 17.2 Å². The first kappa shape index (κ1) is 21.7. The molecule has 2 aromatic rings. The zero-order valence-corrected chi connectivity index (χ0v) is 18.0. The Bertz CT molecular complexity index is 1010. The minimum absolute atomic E-state index is 0.261. The van der Waals surface area contributed by atoms with Crippen molar-refractivity contribution in [3.63, 3.8) is 0 Å². The van der Waals surface area contributed by atoms with Crippen LogP contribution in [0.4, 0.5) is 15.8 Å². The highest BCUT2D eigenvalue weighted by Crippen LogP contribution is 2.28. The monoisotopic (exact) mass is 444 g/mol. The molecule has 0 aromatic heterocycles. The SMILES string of the molecule is CCOC(=O)C1=C(C)NC(=S)NC1c1ccc(NC(=S)Nc2ccccc2F)cc1. The number of ether oxygens (including phenoxy) is 1. The maximum atomic E-state index is 13.8. The number of hydrogen-bond donors (Lipinski definition) is 4. The Hall–Kier alpha value is -3.04. The predicted molar refractivity (Wildman–Crippen MR) is 124 cm³/mol. The van der Waals surface area contributed by atoms with Gasteiger partial charge in [0.15, 0.2) is 10.2 Å². The number of halogens is 1. The molecule has 30 heavy (non-hydrogen) atoms. The molecule has 0 amide bonds. The second kappa shape index (κ2) is 9.64. The molecule has 0 saturated carbocycles. The number of benzene rings is 2. The number of esters is 1. The average Bonchev–Trinajstić information content (AvgIpc) is 2.70. The van der Waals surface area contributed by atoms with Crippen LogP contribution in [0.2, 0.25) is 0 Å². The van der Waals surface area contributed by atoms with Crippen molar-refractivity contribution in [3.05, 3.63) is 71.2 Å². The van der Waals surface area contributed by atoms with Crippen molar-refractivity contribution in [1.82, 2.24) is 10.6 Å². The Kier molecular flexibility index (Phi) is 6.96. The first-order valence-corrected chi connectivity index (χ1v) is 10.1. The van der Waals surface area contributed by atoms with Crippen LogP contribution in [0.1, 0.15) is 25.5 Å². The lowest BCUT2D eigenvalue weighted by Crippen LogP contribution is -2.45. The van der Waals surface area contributed by atoms with Crippen molar-refractivity contribution in [1.29, 1.82) is 0 Å². The topological polar surface area (TPSA) is 74.4 Å². The summed E-state index contributed by atoms with van der Waals surface area (Å²) in [6.45, 7) is 3.83. The summed E-state index contributed by atoms with van der Waals surface area (Å²) in [4.78, 5) is 12.4. The Morgan fingerprint density at radius 3 is 2.53 bits per heavy atom. The lowest BCUT2D eigenvalue weighted by atomic mass is 9.95. The predicted octanol–water partition coefficient (Wildman–Crippen LogP) is 3.99. The van der Waals surface area contributed by atoms with Crippen LogP contribution in [-0.4, -0.2) is 22.8 Å². The molecule has 0 aliphatic carbocycles. The van der Waals surface area contributed by atoms with E-state index in [-0.39, 0.29) is 11.7 Å². The fourth-order valence-electron chi connectivity index (χ4n) is 3.03. The van der Waals surface area contributed by atoms with Gasteiger partial charge >= 0.3 is 5.97 Å². The van der Waals surface area contributed by atoms with E-state index in [0.717, 1.165) is 5.56 Å². The van der Waals surface area contributed by atoms with E-state index >= 15 is 0 Å². The summed E-state index contributed by atoms with van der Waals surface area (Å²) in [5.74, 6) is -0.793. The molecule has 2 aromatic carbocycles. The molecule has 0 fully saturated rings. The average molecular weight is 445 g/mol. The number of para-hydroxylation sites is 1. The van der Waals surface area contributed by atoms with Gasteiger partial charge in [-0.25, -0.2) is 9.18 Å². The van der Waals surface area contributed by atoms with Gasteiger partial charge in [0.2, 0.25) is 0 Å². The van der Waals surface area contributed by atoms with Crippen LogP contribution in [-0.2, 0) is 9.53 Å². The Morgan fingerprint density at radius 2 is 1.87 bits per heavy atom. The van der Waals surface area contributed by atoms with Crippen LogP contribution in [0.15, 0.2) is 59.8 Å². The maximum Gasteiger partial charge on any atom is 0.338 e. The van der Waals surface area contributed by atoms with Gasteiger partial charge in [0, 0.05) is 11.4 Å². The minimum Gasteiger partial charge on any atom is -0.463 e. The van der Waals surface area contributed by atoms with E-state index in [4.69, 9.17) is 29.2 Å². The molecule has 1 unspecified atom stereocenters. The molecule has 0 saturated heterocycles. The molecule has 9 heteroatoms. The lowest BCUT2D eigenvalue weighted by Gasteiger charge is -2.30. The van der Waals surface area contributed by atoms with Crippen LogP contribution in [0.5, 0.6) is 0 Å². The lowest BCUT2D eigenvalue weighted by molar-refractivity contribution is -0.139. The summed E-state index contributed by atoms with van der Waals surface area (Å²) in [6.07, 6.45) is 0. The van der Waals surface area contributed by atoms with E-state index in [1.165, 1.54) is 6.07 Å². The van der Waals surface area contributed by atoms with Crippen LogP contribution in [0.25, 0.3) is 0 Å². The van der Waals surface area contributed by atoms with Gasteiger partial charge in [0.05, 0.1) is 23.9 Å². The number of anilines is 2. The second-order valence-corrected chi connectivity index (χ2v) is 7.29. The van der Waals surface area contributed by atoms with Crippen molar-refractivity contribution < 1.29 is 13.9 Å². The number of allylic oxidation sites excluding steroid dienone is 1. The third-order valence-corrected chi connectivity index (χ3v) is 4.81. The van der Waals surface area contributed by atoms with Gasteiger partial charge in [-0.1, -0.05) is 24.3 Å². The van der Waals surface area contributed by atoms with E-state index in [1.807, 2.05) is 24.3 Å². The number of rotatable bonds is 5. The van der Waals surface area contributed by atoms with Gasteiger partial charge in [0.25, 0.3) is 0 Å². The summed E-state index contributed by atoms with van der Waals surface area (Å²) >= 11 is 10.5. The molecule has 1 atom stereocenters. The standard InChI is InChI=1S/C21H21FN4O2S2/c1-3-28-19(27)17-12(2)23-20(29)26-18(17)13-8-10-14(11-9-13)24-21(30)25-16-7-5-4-6-15(16)22/h4-11,18H,3H2,1-2H3,(H2,23,26,29)(H2,24,25,30). The van der Waals surface area contributed by atoms with Crippen molar-refractivity contribution in [2.24, 2.45) is 0 Å². The Balaban J connectivity index is 1.74. The van der Waals surface area contributed by atoms with E-state index < -0.39 is 17.8 Å². The Labute approximate surface area is 184 Å². The van der Waals surface area contributed by atoms with Crippen LogP contribution < -0.4 is 21.3 Å². The first-order chi connectivity index (χ1) is 14.4. The normalized spacial score (nSPS) is 15.7. The third-order valence-electron chi connectivity index (χ3n) is 4.39. The van der Waals surface area contributed by atoms with E-state index in [0.29, 0.717) is 27.8 Å². The van der Waals surface area contributed by atoms with Crippen LogP contribution in [0.3, 0.4) is 0 Å². The zero-order chi connectivity index (χ0) is 21.7. The molecular formula is C21H21FN4O2S2. The quantitative estimate of drug-likeness (QED) is 0.408. The van der Waals surface area contributed by atoms with E-state index in [1.54, 1.807) is 32.0 Å². The van der Waals surface area contributed by atoms with Crippen molar-refractivity contribution >= 4 is 52.0 Å². The van der Waals surface area contributed by atoms with Gasteiger partial charge in [0.1, 0.15) is 5.82 Å². The fourth-order valence-corrected chi connectivity index (χ4v) is 3.53. The van der Waals surface area contributed by atoms with Crippen LogP contribution >= 0.6 is 24.4 Å². The molecule has 0 bridgehead atoms. The molecular weight excluding hydrogens is 423 g/mol. The maximum absolute atomic E-state index is 13.8.